The molecule has 0 radical (unpaired) electrons. The summed E-state index contributed by atoms with van der Waals surface area (Å²) in [5, 5.41) is 6.12. The predicted octanol–water partition coefficient (Wildman–Crippen LogP) is 5.77. The summed E-state index contributed by atoms with van der Waals surface area (Å²) in [4.78, 5) is 26.8. The lowest BCUT2D eigenvalue weighted by Gasteiger charge is -2.34. The molecule has 1 aromatic heterocycles. The van der Waals surface area contributed by atoms with Gasteiger partial charge in [0.15, 0.2) is 0 Å². The third-order valence-corrected chi connectivity index (χ3v) is 6.72. The van der Waals surface area contributed by atoms with Gasteiger partial charge >= 0.3 is 0 Å². The van der Waals surface area contributed by atoms with Gasteiger partial charge in [0.25, 0.3) is 5.91 Å². The highest BCUT2D eigenvalue weighted by atomic mass is 19.1. The van der Waals surface area contributed by atoms with Crippen LogP contribution in [0.4, 0.5) is 27.4 Å². The van der Waals surface area contributed by atoms with E-state index in [1.165, 1.54) is 24.4 Å². The van der Waals surface area contributed by atoms with Crippen LogP contribution in [0.25, 0.3) is 0 Å². The maximum Gasteiger partial charge on any atom is 0.262 e. The van der Waals surface area contributed by atoms with Gasteiger partial charge in [0, 0.05) is 55.5 Å². The van der Waals surface area contributed by atoms with E-state index >= 15 is 0 Å². The van der Waals surface area contributed by atoms with Gasteiger partial charge in [-0.1, -0.05) is 24.3 Å². The van der Waals surface area contributed by atoms with Gasteiger partial charge in [0.1, 0.15) is 17.1 Å². The Balaban J connectivity index is 1.39. The summed E-state index contributed by atoms with van der Waals surface area (Å²) < 4.78 is 19.7. The highest BCUT2D eigenvalue weighted by molar-refractivity contribution is 6.06. The molecule has 2 heterocycles. The van der Waals surface area contributed by atoms with Gasteiger partial charge in [-0.25, -0.2) is 9.37 Å². The molecule has 1 aliphatic rings. The lowest BCUT2D eigenvalue weighted by Crippen LogP contribution is -2.44. The molecule has 2 N–H and O–H groups in total. The van der Waals surface area contributed by atoms with Crippen LogP contribution >= 0.6 is 0 Å². The molecule has 0 bridgehead atoms. The number of hydrogen-bond acceptors (Lipinski definition) is 7. The number of para-hydroxylation sites is 1. The fourth-order valence-electron chi connectivity index (χ4n) is 4.44. The van der Waals surface area contributed by atoms with Crippen molar-refractivity contribution < 1.29 is 13.9 Å². The molecule has 1 amide bonds. The zero-order valence-electron chi connectivity index (χ0n) is 22.2. The first kappa shape index (κ1) is 26.1. The van der Waals surface area contributed by atoms with Crippen molar-refractivity contribution in [2.24, 2.45) is 0 Å². The Hall–Kier alpha value is -4.50. The molecule has 1 fully saturated rings. The first-order valence-electron chi connectivity index (χ1n) is 12.8. The number of rotatable bonds is 7. The molecule has 9 heteroatoms. The van der Waals surface area contributed by atoms with Crippen LogP contribution in [0.2, 0.25) is 0 Å². The number of aryl methyl sites for hydroxylation is 2. The number of aromatic nitrogens is 2. The minimum Gasteiger partial charge on any atom is -0.438 e. The van der Waals surface area contributed by atoms with Crippen LogP contribution in [-0.2, 0) is 0 Å². The van der Waals surface area contributed by atoms with Gasteiger partial charge in [-0.3, -0.25) is 4.79 Å². The molecule has 200 valence electrons. The van der Waals surface area contributed by atoms with Crippen molar-refractivity contribution in [3.8, 4) is 11.6 Å². The molecular weight excluding hydrogens is 495 g/mol. The molecule has 0 aliphatic carbocycles. The van der Waals surface area contributed by atoms with E-state index in [1.807, 2.05) is 44.2 Å². The largest absolute Gasteiger partial charge is 0.438 e. The van der Waals surface area contributed by atoms with Gasteiger partial charge in [0.2, 0.25) is 11.8 Å². The van der Waals surface area contributed by atoms with Crippen LogP contribution in [-0.4, -0.2) is 54.0 Å². The highest BCUT2D eigenvalue weighted by Gasteiger charge is 2.19. The second-order valence-corrected chi connectivity index (χ2v) is 9.66. The number of halogens is 1. The van der Waals surface area contributed by atoms with Gasteiger partial charge in [0.05, 0.1) is 0 Å². The number of carbonyl (C=O) groups excluding carboxylic acids is 1. The summed E-state index contributed by atoms with van der Waals surface area (Å²) >= 11 is 0. The van der Waals surface area contributed by atoms with Crippen molar-refractivity contribution in [2.45, 2.75) is 13.8 Å². The minimum absolute atomic E-state index is 0.0101. The zero-order chi connectivity index (χ0) is 27.4. The molecule has 4 aromatic rings. The second kappa shape index (κ2) is 11.5. The van der Waals surface area contributed by atoms with E-state index in [2.05, 4.69) is 49.6 Å². The number of amides is 1. The summed E-state index contributed by atoms with van der Waals surface area (Å²) in [5.41, 5.74) is 4.63. The summed E-state index contributed by atoms with van der Waals surface area (Å²) in [6, 6.07) is 19.5. The maximum atomic E-state index is 13.8. The van der Waals surface area contributed by atoms with Crippen LogP contribution in [0.5, 0.6) is 11.6 Å². The molecule has 5 rings (SSSR count). The molecule has 0 spiro atoms. The lowest BCUT2D eigenvalue weighted by atomic mass is 10.1. The van der Waals surface area contributed by atoms with Crippen LogP contribution < -0.4 is 20.3 Å². The topological polar surface area (TPSA) is 82.6 Å². The fraction of sp³-hybridized carbons (Fsp3) is 0.233. The molecule has 3 aromatic carbocycles. The van der Waals surface area contributed by atoms with Crippen LogP contribution in [0.1, 0.15) is 21.5 Å². The van der Waals surface area contributed by atoms with E-state index in [9.17, 15) is 9.18 Å². The number of piperazine rings is 1. The summed E-state index contributed by atoms with van der Waals surface area (Å²) in [5.74, 6) is -0.408. The summed E-state index contributed by atoms with van der Waals surface area (Å²) in [6.45, 7) is 7.88. The Morgan fingerprint density at radius 3 is 2.33 bits per heavy atom. The van der Waals surface area contributed by atoms with Crippen molar-refractivity contribution in [1.82, 2.24) is 14.9 Å². The smallest absolute Gasteiger partial charge is 0.262 e. The molecule has 39 heavy (non-hydrogen) atoms. The minimum atomic E-state index is -0.457. The van der Waals surface area contributed by atoms with Crippen molar-refractivity contribution >= 4 is 28.9 Å². The first-order chi connectivity index (χ1) is 18.9. The fourth-order valence-corrected chi connectivity index (χ4v) is 4.44. The highest BCUT2D eigenvalue weighted by Crippen LogP contribution is 2.28. The number of carbonyl (C=O) groups is 1. The Kier molecular flexibility index (Phi) is 7.69. The summed E-state index contributed by atoms with van der Waals surface area (Å²) in [7, 11) is 2.13. The van der Waals surface area contributed by atoms with Crippen LogP contribution in [0.15, 0.2) is 72.9 Å². The molecule has 0 saturated carbocycles. The maximum absolute atomic E-state index is 13.8. The Bertz CT molecular complexity index is 1450. The number of anilines is 4. The Labute approximate surface area is 227 Å². The number of ether oxygens (including phenoxy) is 1. The van der Waals surface area contributed by atoms with Crippen LogP contribution in [0.3, 0.4) is 0 Å². The van der Waals surface area contributed by atoms with Crippen molar-refractivity contribution in [2.75, 3.05) is 48.8 Å². The Morgan fingerprint density at radius 2 is 1.64 bits per heavy atom. The molecule has 1 aliphatic heterocycles. The number of likely N-dealkylation sites (N-methyl/N-ethyl adjacent to an activating group) is 1. The molecule has 0 atom stereocenters. The average molecular weight is 527 g/mol. The van der Waals surface area contributed by atoms with Gasteiger partial charge < -0.3 is 25.2 Å². The van der Waals surface area contributed by atoms with Crippen molar-refractivity contribution in [1.29, 1.82) is 0 Å². The third kappa shape index (κ3) is 6.32. The van der Waals surface area contributed by atoms with Crippen LogP contribution in [0, 0.1) is 19.7 Å². The van der Waals surface area contributed by atoms with E-state index in [0.717, 1.165) is 48.7 Å². The number of benzene rings is 3. The van der Waals surface area contributed by atoms with Gasteiger partial charge in [-0.2, -0.15) is 4.98 Å². The zero-order valence-corrected chi connectivity index (χ0v) is 22.2. The monoisotopic (exact) mass is 526 g/mol. The standard InChI is InChI=1S/C30H31FN6O2/c1-20-6-4-7-21(2)27(20)34-28(38)26-19-32-30(35-29(26)39-25-9-5-8-22(31)18-25)33-23-10-12-24(13-11-23)37-16-14-36(3)15-17-37/h4-13,18-19H,14-17H2,1-3H3,(H,34,38)(H,32,33,35). The predicted molar refractivity (Wildman–Crippen MR) is 152 cm³/mol. The van der Waals surface area contributed by atoms with Gasteiger partial charge in [-0.15, -0.1) is 0 Å². The average Bonchev–Trinajstić information content (AvgIpc) is 2.92. The molecule has 0 unspecified atom stereocenters. The summed E-state index contributed by atoms with van der Waals surface area (Å²) in [6.07, 6.45) is 1.41. The van der Waals surface area contributed by atoms with E-state index in [1.54, 1.807) is 6.07 Å². The van der Waals surface area contributed by atoms with E-state index < -0.39 is 11.7 Å². The number of nitrogens with one attached hydrogen (secondary N) is 2. The second-order valence-electron chi connectivity index (χ2n) is 9.66. The van der Waals surface area contributed by atoms with Crippen molar-refractivity contribution in [3.05, 3.63) is 95.4 Å². The Morgan fingerprint density at radius 1 is 0.949 bits per heavy atom. The molecule has 8 nitrogen and oxygen atoms in total. The molecule has 1 saturated heterocycles. The van der Waals surface area contributed by atoms with E-state index in [4.69, 9.17) is 4.74 Å². The van der Waals surface area contributed by atoms with Crippen molar-refractivity contribution in [3.63, 3.8) is 0 Å². The van der Waals surface area contributed by atoms with E-state index in [-0.39, 0.29) is 23.1 Å². The normalized spacial score (nSPS) is 13.7. The molecular formula is C30H31FN6O2. The first-order valence-corrected chi connectivity index (χ1v) is 12.8. The number of nitrogens with zero attached hydrogens (tertiary/aromatic N) is 4. The number of hydrogen-bond donors (Lipinski definition) is 2. The third-order valence-electron chi connectivity index (χ3n) is 6.72. The quantitative estimate of drug-likeness (QED) is 0.316. The van der Waals surface area contributed by atoms with Gasteiger partial charge in [-0.05, 0) is 68.4 Å². The van der Waals surface area contributed by atoms with E-state index in [0.29, 0.717) is 5.69 Å². The SMILES string of the molecule is Cc1cccc(C)c1NC(=O)c1cnc(Nc2ccc(N3CCN(C)CC3)cc2)nc1Oc1cccc(F)c1. The lowest BCUT2D eigenvalue weighted by molar-refractivity contribution is 0.102.